The number of nitro groups is 1. The molecule has 0 saturated carbocycles. The predicted octanol–water partition coefficient (Wildman–Crippen LogP) is 1.14. The van der Waals surface area contributed by atoms with Gasteiger partial charge in [-0.1, -0.05) is 12.1 Å². The van der Waals surface area contributed by atoms with Crippen molar-refractivity contribution in [1.82, 2.24) is 9.80 Å². The van der Waals surface area contributed by atoms with Crippen LogP contribution in [0.15, 0.2) is 24.3 Å². The second-order valence-electron chi connectivity index (χ2n) is 5.43. The number of aliphatic hydroxyl groups is 1. The maximum absolute atomic E-state index is 10.6. The second-order valence-corrected chi connectivity index (χ2v) is 5.43. The molecular formula is C15H23N3O3. The van der Waals surface area contributed by atoms with Crippen molar-refractivity contribution in [2.24, 2.45) is 0 Å². The number of nitrogens with zero attached hydrogens (tertiary/aromatic N) is 3. The Morgan fingerprint density at radius 1 is 1.05 bits per heavy atom. The molecule has 6 heteroatoms. The van der Waals surface area contributed by atoms with E-state index in [1.54, 1.807) is 12.1 Å². The largest absolute Gasteiger partial charge is 0.395 e. The van der Waals surface area contributed by atoms with Crippen molar-refractivity contribution >= 4 is 5.69 Å². The van der Waals surface area contributed by atoms with Gasteiger partial charge >= 0.3 is 0 Å². The molecule has 0 atom stereocenters. The standard InChI is InChI=1S/C15H23N3O3/c19-13-12-17-8-1-7-16(10-11-17)9-6-14-2-4-15(5-3-14)18(20)21/h2-5,19H,1,6-13H2. The van der Waals surface area contributed by atoms with Crippen LogP contribution in [-0.4, -0.2) is 65.7 Å². The third kappa shape index (κ3) is 5.08. The first-order valence-corrected chi connectivity index (χ1v) is 7.48. The van der Waals surface area contributed by atoms with E-state index in [1.165, 1.54) is 0 Å². The second kappa shape index (κ2) is 8.07. The summed E-state index contributed by atoms with van der Waals surface area (Å²) in [6, 6.07) is 6.82. The number of nitro benzene ring substituents is 1. The van der Waals surface area contributed by atoms with Crippen molar-refractivity contribution < 1.29 is 10.0 Å². The van der Waals surface area contributed by atoms with Gasteiger partial charge in [-0.15, -0.1) is 0 Å². The minimum absolute atomic E-state index is 0.146. The highest BCUT2D eigenvalue weighted by Gasteiger charge is 2.14. The topological polar surface area (TPSA) is 69.9 Å². The van der Waals surface area contributed by atoms with E-state index in [0.717, 1.165) is 57.7 Å². The van der Waals surface area contributed by atoms with Crippen molar-refractivity contribution in [2.75, 3.05) is 45.9 Å². The summed E-state index contributed by atoms with van der Waals surface area (Å²) in [6.45, 7) is 6.11. The molecule has 0 aromatic heterocycles. The van der Waals surface area contributed by atoms with Gasteiger partial charge < -0.3 is 10.0 Å². The summed E-state index contributed by atoms with van der Waals surface area (Å²) < 4.78 is 0. The van der Waals surface area contributed by atoms with Gasteiger partial charge in [0.15, 0.2) is 0 Å². The highest BCUT2D eigenvalue weighted by molar-refractivity contribution is 5.32. The molecule has 1 aliphatic heterocycles. The zero-order valence-corrected chi connectivity index (χ0v) is 12.3. The normalized spacial score (nSPS) is 17.6. The summed E-state index contributed by atoms with van der Waals surface area (Å²) in [5.41, 5.74) is 1.28. The van der Waals surface area contributed by atoms with Crippen LogP contribution < -0.4 is 0 Å². The Labute approximate surface area is 125 Å². The number of aliphatic hydroxyl groups excluding tert-OH is 1. The molecule has 0 unspecified atom stereocenters. The zero-order chi connectivity index (χ0) is 15.1. The molecule has 0 radical (unpaired) electrons. The minimum atomic E-state index is -0.367. The zero-order valence-electron chi connectivity index (χ0n) is 12.3. The number of hydrogen-bond acceptors (Lipinski definition) is 5. The van der Waals surface area contributed by atoms with Crippen LogP contribution in [0.3, 0.4) is 0 Å². The molecule has 2 rings (SSSR count). The summed E-state index contributed by atoms with van der Waals surface area (Å²) >= 11 is 0. The number of rotatable bonds is 6. The lowest BCUT2D eigenvalue weighted by molar-refractivity contribution is -0.384. The molecule has 116 valence electrons. The van der Waals surface area contributed by atoms with Crippen molar-refractivity contribution in [1.29, 1.82) is 0 Å². The molecule has 0 bridgehead atoms. The van der Waals surface area contributed by atoms with E-state index < -0.39 is 0 Å². The highest BCUT2D eigenvalue weighted by atomic mass is 16.6. The van der Waals surface area contributed by atoms with Crippen molar-refractivity contribution in [2.45, 2.75) is 12.8 Å². The van der Waals surface area contributed by atoms with Crippen LogP contribution in [0.25, 0.3) is 0 Å². The Balaban J connectivity index is 1.78. The third-order valence-corrected chi connectivity index (χ3v) is 3.96. The summed E-state index contributed by atoms with van der Waals surface area (Å²) in [5.74, 6) is 0. The molecule has 1 heterocycles. The fraction of sp³-hybridized carbons (Fsp3) is 0.600. The number of hydrogen-bond donors (Lipinski definition) is 1. The first-order valence-electron chi connectivity index (χ1n) is 7.48. The van der Waals surface area contributed by atoms with E-state index in [9.17, 15) is 10.1 Å². The van der Waals surface area contributed by atoms with E-state index in [-0.39, 0.29) is 17.2 Å². The Morgan fingerprint density at radius 2 is 1.67 bits per heavy atom. The van der Waals surface area contributed by atoms with Crippen LogP contribution in [0.1, 0.15) is 12.0 Å². The molecule has 0 aliphatic carbocycles. The van der Waals surface area contributed by atoms with Gasteiger partial charge in [0.1, 0.15) is 0 Å². The van der Waals surface area contributed by atoms with Crippen molar-refractivity contribution in [3.05, 3.63) is 39.9 Å². The molecule has 1 aliphatic rings. The van der Waals surface area contributed by atoms with Crippen LogP contribution in [0.5, 0.6) is 0 Å². The Kier molecular flexibility index (Phi) is 6.10. The fourth-order valence-corrected chi connectivity index (χ4v) is 2.68. The summed E-state index contributed by atoms with van der Waals surface area (Å²) in [7, 11) is 0. The van der Waals surface area contributed by atoms with Gasteiger partial charge in [-0.25, -0.2) is 0 Å². The molecule has 1 N–H and O–H groups in total. The van der Waals surface area contributed by atoms with E-state index in [1.807, 2.05) is 12.1 Å². The minimum Gasteiger partial charge on any atom is -0.395 e. The summed E-state index contributed by atoms with van der Waals surface area (Å²) in [4.78, 5) is 15.0. The van der Waals surface area contributed by atoms with E-state index in [4.69, 9.17) is 5.11 Å². The van der Waals surface area contributed by atoms with Crippen LogP contribution in [0, 0.1) is 10.1 Å². The number of benzene rings is 1. The molecule has 1 saturated heterocycles. The van der Waals surface area contributed by atoms with Gasteiger partial charge in [-0.05, 0) is 31.5 Å². The monoisotopic (exact) mass is 293 g/mol. The van der Waals surface area contributed by atoms with Crippen LogP contribution in [0.2, 0.25) is 0 Å². The van der Waals surface area contributed by atoms with Crippen LogP contribution in [0.4, 0.5) is 5.69 Å². The maximum atomic E-state index is 10.6. The molecule has 1 fully saturated rings. The third-order valence-electron chi connectivity index (χ3n) is 3.96. The Hall–Kier alpha value is -1.50. The number of β-amino-alcohol motifs (C(OH)–C–C–N with tert-alkyl or cyclic N) is 1. The average Bonchev–Trinajstić information content (AvgIpc) is 2.71. The lowest BCUT2D eigenvalue weighted by atomic mass is 10.1. The molecule has 0 amide bonds. The van der Waals surface area contributed by atoms with Gasteiger partial charge in [0.05, 0.1) is 11.5 Å². The average molecular weight is 293 g/mol. The quantitative estimate of drug-likeness (QED) is 0.629. The van der Waals surface area contributed by atoms with Gasteiger partial charge in [0.2, 0.25) is 0 Å². The van der Waals surface area contributed by atoms with Gasteiger partial charge in [-0.3, -0.25) is 15.0 Å². The fourth-order valence-electron chi connectivity index (χ4n) is 2.68. The van der Waals surface area contributed by atoms with Crippen LogP contribution in [-0.2, 0) is 6.42 Å². The SMILES string of the molecule is O=[N+]([O-])c1ccc(CCN2CCCN(CCO)CC2)cc1. The lowest BCUT2D eigenvalue weighted by Crippen LogP contribution is -2.33. The molecule has 21 heavy (non-hydrogen) atoms. The van der Waals surface area contributed by atoms with Gasteiger partial charge in [-0.2, -0.15) is 0 Å². The van der Waals surface area contributed by atoms with Gasteiger partial charge in [0, 0.05) is 38.3 Å². The van der Waals surface area contributed by atoms with E-state index in [2.05, 4.69) is 9.80 Å². The van der Waals surface area contributed by atoms with Crippen molar-refractivity contribution in [3.8, 4) is 0 Å². The van der Waals surface area contributed by atoms with Crippen molar-refractivity contribution in [3.63, 3.8) is 0 Å². The Morgan fingerprint density at radius 3 is 2.24 bits per heavy atom. The summed E-state index contributed by atoms with van der Waals surface area (Å²) in [5, 5.41) is 19.6. The Bertz CT molecular complexity index is 450. The molecule has 1 aromatic rings. The first kappa shape index (κ1) is 15.9. The number of non-ortho nitro benzene ring substituents is 1. The molecule has 0 spiro atoms. The lowest BCUT2D eigenvalue weighted by Gasteiger charge is -2.21. The van der Waals surface area contributed by atoms with Gasteiger partial charge in [0.25, 0.3) is 5.69 Å². The van der Waals surface area contributed by atoms with E-state index >= 15 is 0 Å². The predicted molar refractivity (Wildman–Crippen MR) is 81.4 cm³/mol. The maximum Gasteiger partial charge on any atom is 0.269 e. The highest BCUT2D eigenvalue weighted by Crippen LogP contribution is 2.13. The molecule has 6 nitrogen and oxygen atoms in total. The van der Waals surface area contributed by atoms with Crippen LogP contribution >= 0.6 is 0 Å². The first-order chi connectivity index (χ1) is 10.2. The smallest absolute Gasteiger partial charge is 0.269 e. The van der Waals surface area contributed by atoms with E-state index in [0.29, 0.717) is 0 Å². The summed E-state index contributed by atoms with van der Waals surface area (Å²) in [6.07, 6.45) is 2.04. The molecule has 1 aromatic carbocycles. The molecular weight excluding hydrogens is 270 g/mol.